The van der Waals surface area contributed by atoms with Gasteiger partial charge in [0.25, 0.3) is 0 Å². The van der Waals surface area contributed by atoms with Gasteiger partial charge in [-0.2, -0.15) is 0 Å². The van der Waals surface area contributed by atoms with Gasteiger partial charge < -0.3 is 10.2 Å². The summed E-state index contributed by atoms with van der Waals surface area (Å²) >= 11 is 5.34. The Kier molecular flexibility index (Phi) is 8.94. The van der Waals surface area contributed by atoms with Crippen molar-refractivity contribution in [2.45, 2.75) is 39.2 Å². The lowest BCUT2D eigenvalue weighted by Crippen LogP contribution is -2.18. The molecule has 18 heavy (non-hydrogen) atoms. The number of thiophene rings is 1. The van der Waals surface area contributed by atoms with Crippen LogP contribution in [-0.4, -0.2) is 31.6 Å². The molecule has 1 heterocycles. The number of nitrogens with one attached hydrogen (secondary N) is 1. The van der Waals surface area contributed by atoms with Crippen LogP contribution in [0.2, 0.25) is 0 Å². The Morgan fingerprint density at radius 3 is 2.72 bits per heavy atom. The molecule has 0 radical (unpaired) electrons. The summed E-state index contributed by atoms with van der Waals surface area (Å²) in [5, 5.41) is 5.53. The Hall–Kier alpha value is 0.1000. The largest absolute Gasteiger partial charge is 0.317 e. The third kappa shape index (κ3) is 7.52. The fourth-order valence-electron chi connectivity index (χ4n) is 1.94. The molecular formula is C14H25BrN2S. The summed E-state index contributed by atoms with van der Waals surface area (Å²) < 4.78 is 1.21. The second kappa shape index (κ2) is 9.96. The van der Waals surface area contributed by atoms with Gasteiger partial charge in [0.1, 0.15) is 0 Å². The molecule has 0 spiro atoms. The third-order valence-corrected chi connectivity index (χ3v) is 4.62. The molecule has 0 aliphatic heterocycles. The molecule has 0 amide bonds. The highest BCUT2D eigenvalue weighted by Crippen LogP contribution is 2.20. The lowest BCUT2D eigenvalue weighted by atomic mass is 10.2. The Morgan fingerprint density at radius 2 is 2.06 bits per heavy atom. The van der Waals surface area contributed by atoms with Gasteiger partial charge in [-0.25, -0.2) is 0 Å². The summed E-state index contributed by atoms with van der Waals surface area (Å²) in [4.78, 5) is 3.86. The van der Waals surface area contributed by atoms with Gasteiger partial charge in [-0.05, 0) is 61.5 Å². The standard InChI is InChI=1S/C14H25BrN2S/c1-3-16-8-6-4-5-7-9-17(2)11-14-10-13(15)12-18-14/h10,12,16H,3-9,11H2,1-2H3. The molecular weight excluding hydrogens is 308 g/mol. The monoisotopic (exact) mass is 332 g/mol. The SMILES string of the molecule is CCNCCCCCCN(C)Cc1cc(Br)cs1. The number of hydrogen-bond donors (Lipinski definition) is 1. The van der Waals surface area contributed by atoms with Crippen molar-refractivity contribution in [3.05, 3.63) is 20.8 Å². The zero-order chi connectivity index (χ0) is 13.2. The van der Waals surface area contributed by atoms with E-state index in [2.05, 4.69) is 51.6 Å². The molecule has 1 rings (SSSR count). The molecule has 0 saturated carbocycles. The summed E-state index contributed by atoms with van der Waals surface area (Å²) in [5.74, 6) is 0. The molecule has 4 heteroatoms. The molecule has 0 atom stereocenters. The van der Waals surface area contributed by atoms with Crippen LogP contribution < -0.4 is 5.32 Å². The minimum absolute atomic E-state index is 1.08. The lowest BCUT2D eigenvalue weighted by Gasteiger charge is -2.15. The van der Waals surface area contributed by atoms with Crippen molar-refractivity contribution < 1.29 is 0 Å². The van der Waals surface area contributed by atoms with Crippen LogP contribution in [0.25, 0.3) is 0 Å². The minimum Gasteiger partial charge on any atom is -0.317 e. The van der Waals surface area contributed by atoms with Gasteiger partial charge in [0.05, 0.1) is 0 Å². The first-order valence-corrected chi connectivity index (χ1v) is 8.51. The average Bonchev–Trinajstić information content (AvgIpc) is 2.73. The fraction of sp³-hybridized carbons (Fsp3) is 0.714. The van der Waals surface area contributed by atoms with Gasteiger partial charge in [-0.15, -0.1) is 11.3 Å². The van der Waals surface area contributed by atoms with Crippen LogP contribution in [0.1, 0.15) is 37.5 Å². The minimum atomic E-state index is 1.08. The Bertz CT molecular complexity index is 314. The molecule has 0 aromatic carbocycles. The molecule has 104 valence electrons. The predicted molar refractivity (Wildman–Crippen MR) is 85.4 cm³/mol. The summed E-state index contributed by atoms with van der Waals surface area (Å²) in [7, 11) is 2.21. The topological polar surface area (TPSA) is 15.3 Å². The van der Waals surface area contributed by atoms with Gasteiger partial charge in [0.15, 0.2) is 0 Å². The van der Waals surface area contributed by atoms with Crippen molar-refractivity contribution in [2.24, 2.45) is 0 Å². The van der Waals surface area contributed by atoms with Crippen molar-refractivity contribution in [1.29, 1.82) is 0 Å². The van der Waals surface area contributed by atoms with Crippen LogP contribution in [0.15, 0.2) is 15.9 Å². The Morgan fingerprint density at radius 1 is 1.28 bits per heavy atom. The van der Waals surface area contributed by atoms with Crippen LogP contribution >= 0.6 is 27.3 Å². The van der Waals surface area contributed by atoms with E-state index in [1.165, 1.54) is 48.1 Å². The summed E-state index contributed by atoms with van der Waals surface area (Å²) in [6.45, 7) is 6.72. The number of hydrogen-bond acceptors (Lipinski definition) is 3. The van der Waals surface area contributed by atoms with E-state index in [4.69, 9.17) is 0 Å². The van der Waals surface area contributed by atoms with E-state index in [9.17, 15) is 0 Å². The highest BCUT2D eigenvalue weighted by molar-refractivity contribution is 9.10. The van der Waals surface area contributed by atoms with Gasteiger partial charge in [0, 0.05) is 21.3 Å². The normalized spacial score (nSPS) is 11.3. The van der Waals surface area contributed by atoms with Gasteiger partial charge in [-0.3, -0.25) is 0 Å². The highest BCUT2D eigenvalue weighted by atomic mass is 79.9. The van der Waals surface area contributed by atoms with E-state index in [1.807, 2.05) is 11.3 Å². The highest BCUT2D eigenvalue weighted by Gasteiger charge is 2.02. The summed E-state index contributed by atoms with van der Waals surface area (Å²) in [6.07, 6.45) is 5.33. The lowest BCUT2D eigenvalue weighted by molar-refractivity contribution is 0.319. The quantitative estimate of drug-likeness (QED) is 0.648. The molecule has 0 aliphatic rings. The van der Waals surface area contributed by atoms with Crippen molar-refractivity contribution in [2.75, 3.05) is 26.7 Å². The van der Waals surface area contributed by atoms with Crippen LogP contribution in [0, 0.1) is 0 Å². The van der Waals surface area contributed by atoms with Crippen LogP contribution in [0.5, 0.6) is 0 Å². The number of halogens is 1. The van der Waals surface area contributed by atoms with Crippen LogP contribution in [-0.2, 0) is 6.54 Å². The molecule has 1 aromatic rings. The van der Waals surface area contributed by atoms with Gasteiger partial charge in [0.2, 0.25) is 0 Å². The molecule has 0 unspecified atom stereocenters. The first-order chi connectivity index (χ1) is 8.72. The van der Waals surface area contributed by atoms with Gasteiger partial charge in [-0.1, -0.05) is 19.8 Å². The zero-order valence-electron chi connectivity index (χ0n) is 11.5. The number of nitrogens with zero attached hydrogens (tertiary/aromatic N) is 1. The zero-order valence-corrected chi connectivity index (χ0v) is 13.9. The summed E-state index contributed by atoms with van der Waals surface area (Å²) in [5.41, 5.74) is 0. The van der Waals surface area contributed by atoms with E-state index < -0.39 is 0 Å². The molecule has 0 bridgehead atoms. The third-order valence-electron chi connectivity index (χ3n) is 2.94. The van der Waals surface area contributed by atoms with Crippen molar-refractivity contribution >= 4 is 27.3 Å². The van der Waals surface area contributed by atoms with Crippen LogP contribution in [0.3, 0.4) is 0 Å². The average molecular weight is 333 g/mol. The maximum atomic E-state index is 3.50. The fourth-order valence-corrected chi connectivity index (χ4v) is 3.47. The molecule has 1 aromatic heterocycles. The second-order valence-corrected chi connectivity index (χ2v) is 6.65. The summed E-state index contributed by atoms with van der Waals surface area (Å²) in [6, 6.07) is 2.22. The molecule has 1 N–H and O–H groups in total. The van der Waals surface area contributed by atoms with E-state index in [-0.39, 0.29) is 0 Å². The first kappa shape index (κ1) is 16.2. The predicted octanol–water partition coefficient (Wildman–Crippen LogP) is 4.11. The number of rotatable bonds is 10. The molecule has 0 saturated heterocycles. The maximum absolute atomic E-state index is 3.50. The van der Waals surface area contributed by atoms with Crippen LogP contribution in [0.4, 0.5) is 0 Å². The molecule has 0 fully saturated rings. The Labute approximate surface area is 124 Å². The number of unbranched alkanes of at least 4 members (excludes halogenated alkanes) is 3. The van der Waals surface area contributed by atoms with Crippen molar-refractivity contribution in [3.8, 4) is 0 Å². The maximum Gasteiger partial charge on any atom is 0.0325 e. The molecule has 2 nitrogen and oxygen atoms in total. The van der Waals surface area contributed by atoms with E-state index in [0.717, 1.165) is 13.1 Å². The Balaban J connectivity index is 1.98. The van der Waals surface area contributed by atoms with E-state index in [1.54, 1.807) is 0 Å². The van der Waals surface area contributed by atoms with E-state index in [0.29, 0.717) is 0 Å². The van der Waals surface area contributed by atoms with Crippen molar-refractivity contribution in [3.63, 3.8) is 0 Å². The molecule has 0 aliphatic carbocycles. The smallest absolute Gasteiger partial charge is 0.0325 e. The van der Waals surface area contributed by atoms with Crippen molar-refractivity contribution in [1.82, 2.24) is 10.2 Å². The second-order valence-electron chi connectivity index (χ2n) is 4.74. The van der Waals surface area contributed by atoms with E-state index >= 15 is 0 Å². The van der Waals surface area contributed by atoms with Gasteiger partial charge >= 0.3 is 0 Å². The first-order valence-electron chi connectivity index (χ1n) is 6.84.